The van der Waals surface area contributed by atoms with Gasteiger partial charge in [0.2, 0.25) is 0 Å². The molecule has 1 saturated heterocycles. The van der Waals surface area contributed by atoms with E-state index in [-0.39, 0.29) is 51.5 Å². The van der Waals surface area contributed by atoms with Crippen LogP contribution in [0.1, 0.15) is 23.2 Å². The molecule has 2 bridgehead atoms. The Morgan fingerprint density at radius 1 is 1.08 bits per heavy atom. The molecule has 5 rings (SSSR count). The van der Waals surface area contributed by atoms with Crippen molar-refractivity contribution >= 4 is 29.3 Å². The fraction of sp³-hybridized carbons (Fsp3) is 0.389. The van der Waals surface area contributed by atoms with Crippen molar-refractivity contribution in [1.29, 1.82) is 0 Å². The number of hydrogen-bond donors (Lipinski definition) is 1. The first-order chi connectivity index (χ1) is 11.5. The average Bonchev–Trinajstić information content (AvgIpc) is 3.18. The second kappa shape index (κ2) is 4.48. The number of amides is 3. The fourth-order valence-electron chi connectivity index (χ4n) is 5.00. The van der Waals surface area contributed by atoms with Crippen molar-refractivity contribution < 1.29 is 14.4 Å². The number of imide groups is 1. The molecule has 4 aliphatic rings. The van der Waals surface area contributed by atoms with Crippen LogP contribution in [0.5, 0.6) is 0 Å². The summed E-state index contributed by atoms with van der Waals surface area (Å²) in [5, 5.41) is 1.21. The van der Waals surface area contributed by atoms with E-state index in [9.17, 15) is 14.4 Å². The third-order valence-electron chi connectivity index (χ3n) is 6.18. The summed E-state index contributed by atoms with van der Waals surface area (Å²) in [6.45, 7) is 0. The van der Waals surface area contributed by atoms with Crippen LogP contribution in [0.15, 0.2) is 36.4 Å². The van der Waals surface area contributed by atoms with Gasteiger partial charge in [-0.25, -0.2) is 0 Å². The number of halogens is 1. The molecule has 24 heavy (non-hydrogen) atoms. The highest BCUT2D eigenvalue weighted by molar-refractivity contribution is 6.33. The standard InChI is InChI=1S/C18H15ClN2O3/c19-12-4-2-1-3-9(12)15(22)20-21-16(23)13-10-5-6-11(14(13)17(21)24)18(10)7-8-18/h1-6,10-11,13-14H,7-8H2,(H,20,22)/t10-,11-,13-,14+/m1/s1. The van der Waals surface area contributed by atoms with Crippen LogP contribution in [0, 0.1) is 29.1 Å². The van der Waals surface area contributed by atoms with Gasteiger partial charge >= 0.3 is 0 Å². The van der Waals surface area contributed by atoms with E-state index in [1.807, 2.05) is 0 Å². The molecule has 1 spiro atoms. The maximum Gasteiger partial charge on any atom is 0.271 e. The van der Waals surface area contributed by atoms with Crippen molar-refractivity contribution in [3.8, 4) is 0 Å². The monoisotopic (exact) mass is 342 g/mol. The molecule has 0 unspecified atom stereocenters. The molecule has 1 aromatic carbocycles. The molecular formula is C18H15ClN2O3. The molecule has 2 saturated carbocycles. The van der Waals surface area contributed by atoms with Crippen molar-refractivity contribution in [2.75, 3.05) is 0 Å². The van der Waals surface area contributed by atoms with Gasteiger partial charge in [0.25, 0.3) is 17.7 Å². The Hall–Kier alpha value is -2.14. The van der Waals surface area contributed by atoms with Crippen LogP contribution in [0.25, 0.3) is 0 Å². The second-order valence-corrected chi connectivity index (χ2v) is 7.56. The molecule has 0 radical (unpaired) electrons. The summed E-state index contributed by atoms with van der Waals surface area (Å²) < 4.78 is 0. The van der Waals surface area contributed by atoms with E-state index in [4.69, 9.17) is 11.6 Å². The molecule has 3 aliphatic carbocycles. The van der Waals surface area contributed by atoms with Gasteiger partial charge in [-0.05, 0) is 42.2 Å². The van der Waals surface area contributed by atoms with Crippen LogP contribution in [0.3, 0.4) is 0 Å². The number of benzene rings is 1. The summed E-state index contributed by atoms with van der Waals surface area (Å²) in [5.41, 5.74) is 2.86. The smallest absolute Gasteiger partial charge is 0.271 e. The number of carbonyl (C=O) groups is 3. The van der Waals surface area contributed by atoms with Gasteiger partial charge in [0.15, 0.2) is 0 Å². The van der Waals surface area contributed by atoms with Crippen LogP contribution in [-0.2, 0) is 9.59 Å². The van der Waals surface area contributed by atoms with E-state index in [2.05, 4.69) is 17.6 Å². The molecule has 1 heterocycles. The number of allylic oxidation sites excluding steroid dienone is 2. The third-order valence-corrected chi connectivity index (χ3v) is 6.51. The van der Waals surface area contributed by atoms with Gasteiger partial charge in [0.1, 0.15) is 0 Å². The number of rotatable bonds is 2. The highest BCUT2D eigenvalue weighted by Crippen LogP contribution is 2.73. The number of nitrogens with zero attached hydrogens (tertiary/aromatic N) is 1. The second-order valence-electron chi connectivity index (χ2n) is 7.15. The van der Waals surface area contributed by atoms with Gasteiger partial charge in [0, 0.05) is 0 Å². The molecule has 1 aromatic rings. The molecule has 122 valence electrons. The largest absolute Gasteiger partial charge is 0.272 e. The summed E-state index contributed by atoms with van der Waals surface area (Å²) in [6.07, 6.45) is 6.39. The topological polar surface area (TPSA) is 66.5 Å². The average molecular weight is 343 g/mol. The SMILES string of the molecule is O=C(NN1C(=O)[C@@H]2[C@H](C1=O)[C@H]1C=C[C@H]2C12CC2)c1ccccc1Cl. The Labute approximate surface area is 143 Å². The lowest BCUT2D eigenvalue weighted by Gasteiger charge is -2.22. The predicted octanol–water partition coefficient (Wildman–Crippen LogP) is 2.18. The predicted molar refractivity (Wildman–Crippen MR) is 85.5 cm³/mol. The van der Waals surface area contributed by atoms with E-state index in [0.29, 0.717) is 0 Å². The zero-order chi connectivity index (χ0) is 16.6. The van der Waals surface area contributed by atoms with Gasteiger partial charge < -0.3 is 0 Å². The Balaban J connectivity index is 1.42. The van der Waals surface area contributed by atoms with Crippen molar-refractivity contribution in [3.05, 3.63) is 47.0 Å². The van der Waals surface area contributed by atoms with Crippen LogP contribution in [0.2, 0.25) is 5.02 Å². The Kier molecular flexibility index (Phi) is 2.65. The Morgan fingerprint density at radius 3 is 2.21 bits per heavy atom. The minimum absolute atomic E-state index is 0.145. The normalized spacial score (nSPS) is 34.1. The first-order valence-corrected chi connectivity index (χ1v) is 8.54. The van der Waals surface area contributed by atoms with Gasteiger partial charge in [-0.2, -0.15) is 5.01 Å². The lowest BCUT2D eigenvalue weighted by molar-refractivity contribution is -0.144. The first kappa shape index (κ1) is 14.2. The fourth-order valence-corrected chi connectivity index (χ4v) is 5.22. The maximum atomic E-state index is 12.8. The zero-order valence-electron chi connectivity index (χ0n) is 12.7. The lowest BCUT2D eigenvalue weighted by atomic mass is 9.85. The molecule has 3 amide bonds. The summed E-state index contributed by atoms with van der Waals surface area (Å²) in [4.78, 5) is 37.9. The summed E-state index contributed by atoms with van der Waals surface area (Å²) in [5.74, 6) is -1.45. The number of hydrogen-bond acceptors (Lipinski definition) is 3. The van der Waals surface area contributed by atoms with Crippen molar-refractivity contribution in [3.63, 3.8) is 0 Å². The Bertz CT molecular complexity index is 795. The minimum atomic E-state index is -0.538. The zero-order valence-corrected chi connectivity index (χ0v) is 13.5. The van der Waals surface area contributed by atoms with Gasteiger partial charge in [0.05, 0.1) is 22.4 Å². The first-order valence-electron chi connectivity index (χ1n) is 8.16. The number of hydrazine groups is 1. The van der Waals surface area contributed by atoms with Crippen LogP contribution in [-0.4, -0.2) is 22.7 Å². The van der Waals surface area contributed by atoms with Crippen LogP contribution >= 0.6 is 11.6 Å². The highest BCUT2D eigenvalue weighted by atomic mass is 35.5. The maximum absolute atomic E-state index is 12.8. The lowest BCUT2D eigenvalue weighted by Crippen LogP contribution is -2.48. The van der Waals surface area contributed by atoms with Crippen molar-refractivity contribution in [2.45, 2.75) is 12.8 Å². The van der Waals surface area contributed by atoms with Crippen molar-refractivity contribution in [1.82, 2.24) is 10.4 Å². The quantitative estimate of drug-likeness (QED) is 0.661. The molecular weight excluding hydrogens is 328 g/mol. The molecule has 1 aliphatic heterocycles. The van der Waals surface area contributed by atoms with E-state index < -0.39 is 5.91 Å². The molecule has 5 nitrogen and oxygen atoms in total. The summed E-state index contributed by atoms with van der Waals surface area (Å²) in [6, 6.07) is 6.56. The summed E-state index contributed by atoms with van der Waals surface area (Å²) in [7, 11) is 0. The molecule has 3 fully saturated rings. The molecule has 0 aromatic heterocycles. The van der Waals surface area contributed by atoms with Crippen LogP contribution in [0.4, 0.5) is 0 Å². The van der Waals surface area contributed by atoms with Crippen molar-refractivity contribution in [2.24, 2.45) is 29.1 Å². The van der Waals surface area contributed by atoms with E-state index in [1.54, 1.807) is 24.3 Å². The molecule has 4 atom stereocenters. The number of carbonyl (C=O) groups excluding carboxylic acids is 3. The highest BCUT2D eigenvalue weighted by Gasteiger charge is 2.73. The molecule has 1 N–H and O–H groups in total. The van der Waals surface area contributed by atoms with E-state index in [0.717, 1.165) is 17.9 Å². The number of fused-ring (bicyclic) bond motifs is 3. The van der Waals surface area contributed by atoms with E-state index >= 15 is 0 Å². The summed E-state index contributed by atoms with van der Waals surface area (Å²) >= 11 is 6.02. The third kappa shape index (κ3) is 1.58. The molecule has 6 heteroatoms. The van der Waals surface area contributed by atoms with Crippen LogP contribution < -0.4 is 5.43 Å². The van der Waals surface area contributed by atoms with Gasteiger partial charge in [-0.15, -0.1) is 0 Å². The van der Waals surface area contributed by atoms with Gasteiger partial charge in [-0.3, -0.25) is 19.8 Å². The van der Waals surface area contributed by atoms with Gasteiger partial charge in [-0.1, -0.05) is 35.9 Å². The van der Waals surface area contributed by atoms with E-state index in [1.165, 1.54) is 0 Å². The number of nitrogens with one attached hydrogen (secondary N) is 1. The minimum Gasteiger partial charge on any atom is -0.272 e. The Morgan fingerprint density at radius 2 is 1.67 bits per heavy atom.